The standard InChI is InChI=1S/C19H29N3O/c1-19(13-20)10-11-22(14-19)12-18(23)21(2)17-9-5-7-15-6-3-4-8-16(15)17/h3-4,6,8,17H,5,7,9-14,20H2,1-2H3. The molecular weight excluding hydrogens is 286 g/mol. The molecule has 1 aliphatic heterocycles. The second-order valence-corrected chi connectivity index (χ2v) is 7.59. The molecule has 0 aromatic heterocycles. The molecule has 1 amide bonds. The van der Waals surface area contributed by atoms with Gasteiger partial charge in [-0.05, 0) is 55.3 Å². The average Bonchev–Trinajstić information content (AvgIpc) is 2.95. The molecule has 0 radical (unpaired) electrons. The fraction of sp³-hybridized carbons (Fsp3) is 0.632. The summed E-state index contributed by atoms with van der Waals surface area (Å²) >= 11 is 0. The van der Waals surface area contributed by atoms with Gasteiger partial charge in [-0.1, -0.05) is 31.2 Å². The van der Waals surface area contributed by atoms with Gasteiger partial charge in [-0.15, -0.1) is 0 Å². The molecule has 4 heteroatoms. The van der Waals surface area contributed by atoms with Crippen LogP contribution in [0.2, 0.25) is 0 Å². The van der Waals surface area contributed by atoms with Gasteiger partial charge in [-0.3, -0.25) is 9.69 Å². The molecule has 1 aromatic carbocycles. The van der Waals surface area contributed by atoms with Gasteiger partial charge < -0.3 is 10.6 Å². The zero-order valence-corrected chi connectivity index (χ0v) is 14.4. The summed E-state index contributed by atoms with van der Waals surface area (Å²) in [5.74, 6) is 0.230. The molecular formula is C19H29N3O. The maximum absolute atomic E-state index is 12.8. The van der Waals surface area contributed by atoms with Gasteiger partial charge in [0.15, 0.2) is 0 Å². The van der Waals surface area contributed by atoms with Gasteiger partial charge >= 0.3 is 0 Å². The van der Waals surface area contributed by atoms with Gasteiger partial charge in [0.1, 0.15) is 0 Å². The van der Waals surface area contributed by atoms with Crippen LogP contribution in [-0.2, 0) is 11.2 Å². The number of hydrogen-bond donors (Lipinski definition) is 1. The molecule has 23 heavy (non-hydrogen) atoms. The Labute approximate surface area is 139 Å². The largest absolute Gasteiger partial charge is 0.338 e. The van der Waals surface area contributed by atoms with Crippen LogP contribution in [0.4, 0.5) is 0 Å². The Morgan fingerprint density at radius 3 is 2.96 bits per heavy atom. The zero-order chi connectivity index (χ0) is 16.4. The van der Waals surface area contributed by atoms with E-state index in [9.17, 15) is 4.79 Å². The summed E-state index contributed by atoms with van der Waals surface area (Å²) in [7, 11) is 1.97. The van der Waals surface area contributed by atoms with Gasteiger partial charge in [-0.2, -0.15) is 0 Å². The number of hydrogen-bond acceptors (Lipinski definition) is 3. The van der Waals surface area contributed by atoms with Crippen molar-refractivity contribution < 1.29 is 4.79 Å². The fourth-order valence-electron chi connectivity index (χ4n) is 4.03. The van der Waals surface area contributed by atoms with Gasteiger partial charge in [-0.25, -0.2) is 0 Å². The summed E-state index contributed by atoms with van der Waals surface area (Å²) in [5, 5.41) is 0. The summed E-state index contributed by atoms with van der Waals surface area (Å²) in [6, 6.07) is 8.80. The van der Waals surface area contributed by atoms with Crippen LogP contribution in [0.15, 0.2) is 24.3 Å². The Morgan fingerprint density at radius 2 is 2.22 bits per heavy atom. The Hall–Kier alpha value is -1.39. The molecule has 2 unspecified atom stereocenters. The van der Waals surface area contributed by atoms with E-state index in [-0.39, 0.29) is 17.4 Å². The quantitative estimate of drug-likeness (QED) is 0.926. The Balaban J connectivity index is 1.65. The predicted octanol–water partition coefficient (Wildman–Crippen LogP) is 2.19. The molecule has 1 fully saturated rings. The van der Waals surface area contributed by atoms with Crippen molar-refractivity contribution in [1.29, 1.82) is 0 Å². The summed E-state index contributed by atoms with van der Waals surface area (Å²) in [5.41, 5.74) is 8.78. The number of amides is 1. The summed E-state index contributed by atoms with van der Waals surface area (Å²) in [6.07, 6.45) is 4.45. The highest BCUT2D eigenvalue weighted by molar-refractivity contribution is 5.78. The highest BCUT2D eigenvalue weighted by atomic mass is 16.2. The van der Waals surface area contributed by atoms with Crippen LogP contribution in [0.3, 0.4) is 0 Å². The average molecular weight is 315 g/mol. The number of likely N-dealkylation sites (tertiary alicyclic amines) is 1. The number of likely N-dealkylation sites (N-methyl/N-ethyl adjacent to an activating group) is 1. The number of rotatable bonds is 4. The second-order valence-electron chi connectivity index (χ2n) is 7.59. The number of nitrogens with zero attached hydrogens (tertiary/aromatic N) is 2. The van der Waals surface area contributed by atoms with Gasteiger partial charge in [0, 0.05) is 13.6 Å². The molecule has 126 valence electrons. The number of carbonyl (C=O) groups is 1. The number of benzene rings is 1. The van der Waals surface area contributed by atoms with E-state index >= 15 is 0 Å². The van der Waals surface area contributed by atoms with Crippen LogP contribution >= 0.6 is 0 Å². The predicted molar refractivity (Wildman–Crippen MR) is 93.1 cm³/mol. The highest BCUT2D eigenvalue weighted by Crippen LogP contribution is 2.34. The lowest BCUT2D eigenvalue weighted by Gasteiger charge is -2.34. The van der Waals surface area contributed by atoms with Crippen LogP contribution < -0.4 is 5.73 Å². The number of aryl methyl sites for hydroxylation is 1. The maximum Gasteiger partial charge on any atom is 0.237 e. The molecule has 0 bridgehead atoms. The lowest BCUT2D eigenvalue weighted by Crippen LogP contribution is -2.41. The Kier molecular flexibility index (Phi) is 4.74. The zero-order valence-electron chi connectivity index (χ0n) is 14.4. The Morgan fingerprint density at radius 1 is 1.43 bits per heavy atom. The first-order chi connectivity index (χ1) is 11.0. The molecule has 2 aliphatic rings. The lowest BCUT2D eigenvalue weighted by atomic mass is 9.87. The van der Waals surface area contributed by atoms with Crippen molar-refractivity contribution in [1.82, 2.24) is 9.80 Å². The van der Waals surface area contributed by atoms with E-state index < -0.39 is 0 Å². The first-order valence-corrected chi connectivity index (χ1v) is 8.78. The van der Waals surface area contributed by atoms with Crippen LogP contribution in [0.1, 0.15) is 43.4 Å². The molecule has 1 aromatic rings. The minimum absolute atomic E-state index is 0.177. The number of fused-ring (bicyclic) bond motifs is 1. The van der Waals surface area contributed by atoms with Crippen molar-refractivity contribution in [3.63, 3.8) is 0 Å². The van der Waals surface area contributed by atoms with E-state index in [0.717, 1.165) is 38.8 Å². The molecule has 2 N–H and O–H groups in total. The van der Waals surface area contributed by atoms with Crippen molar-refractivity contribution in [3.05, 3.63) is 35.4 Å². The fourth-order valence-corrected chi connectivity index (χ4v) is 4.03. The third-order valence-corrected chi connectivity index (χ3v) is 5.69. The smallest absolute Gasteiger partial charge is 0.237 e. The van der Waals surface area contributed by atoms with Crippen molar-refractivity contribution in [3.8, 4) is 0 Å². The van der Waals surface area contributed by atoms with E-state index in [4.69, 9.17) is 5.73 Å². The summed E-state index contributed by atoms with van der Waals surface area (Å²) < 4.78 is 0. The van der Waals surface area contributed by atoms with Crippen LogP contribution in [0.25, 0.3) is 0 Å². The second kappa shape index (κ2) is 6.62. The Bertz CT molecular complexity index is 573. The normalized spacial score (nSPS) is 27.7. The van der Waals surface area contributed by atoms with E-state index in [1.807, 2.05) is 11.9 Å². The third-order valence-electron chi connectivity index (χ3n) is 5.69. The van der Waals surface area contributed by atoms with Crippen LogP contribution in [-0.4, -0.2) is 48.9 Å². The van der Waals surface area contributed by atoms with Gasteiger partial charge in [0.2, 0.25) is 5.91 Å². The van der Waals surface area contributed by atoms with E-state index in [1.54, 1.807) is 0 Å². The lowest BCUT2D eigenvalue weighted by molar-refractivity contribution is -0.133. The summed E-state index contributed by atoms with van der Waals surface area (Å²) in [6.45, 7) is 5.35. The third kappa shape index (κ3) is 3.43. The van der Waals surface area contributed by atoms with Crippen molar-refractivity contribution in [2.45, 2.75) is 38.6 Å². The molecule has 1 aliphatic carbocycles. The van der Waals surface area contributed by atoms with E-state index in [2.05, 4.69) is 36.1 Å². The summed E-state index contributed by atoms with van der Waals surface area (Å²) in [4.78, 5) is 17.0. The molecule has 0 spiro atoms. The first-order valence-electron chi connectivity index (χ1n) is 8.78. The van der Waals surface area contributed by atoms with Crippen LogP contribution in [0.5, 0.6) is 0 Å². The highest BCUT2D eigenvalue weighted by Gasteiger charge is 2.34. The van der Waals surface area contributed by atoms with Gasteiger partial charge in [0.25, 0.3) is 0 Å². The molecule has 4 nitrogen and oxygen atoms in total. The van der Waals surface area contributed by atoms with Crippen molar-refractivity contribution >= 4 is 5.91 Å². The molecule has 0 saturated carbocycles. The van der Waals surface area contributed by atoms with Crippen molar-refractivity contribution in [2.75, 3.05) is 33.2 Å². The first kappa shape index (κ1) is 16.5. The maximum atomic E-state index is 12.8. The van der Waals surface area contributed by atoms with Crippen molar-refractivity contribution in [2.24, 2.45) is 11.1 Å². The number of carbonyl (C=O) groups excluding carboxylic acids is 1. The monoisotopic (exact) mass is 315 g/mol. The van der Waals surface area contributed by atoms with Crippen LogP contribution in [0, 0.1) is 5.41 Å². The minimum Gasteiger partial charge on any atom is -0.338 e. The molecule has 2 atom stereocenters. The van der Waals surface area contributed by atoms with E-state index in [0.29, 0.717) is 13.1 Å². The van der Waals surface area contributed by atoms with Gasteiger partial charge in [0.05, 0.1) is 12.6 Å². The molecule has 3 rings (SSSR count). The SMILES string of the molecule is CN(C(=O)CN1CCC(C)(CN)C1)C1CCCc2ccccc21. The topological polar surface area (TPSA) is 49.6 Å². The van der Waals surface area contributed by atoms with E-state index in [1.165, 1.54) is 11.1 Å². The number of nitrogens with two attached hydrogens (primary N) is 1. The minimum atomic E-state index is 0.177. The molecule has 1 heterocycles. The molecule has 1 saturated heterocycles.